The smallest absolute Gasteiger partial charge is 0.251 e. The molecule has 4 aromatic carbocycles. The molecule has 0 aliphatic carbocycles. The lowest BCUT2D eigenvalue weighted by atomic mass is 10.0. The zero-order chi connectivity index (χ0) is 26.9. The predicted octanol–water partition coefficient (Wildman–Crippen LogP) is 5.05. The molecule has 1 amide bonds. The van der Waals surface area contributed by atoms with E-state index in [4.69, 9.17) is 9.47 Å². The van der Waals surface area contributed by atoms with Gasteiger partial charge in [0, 0.05) is 36.0 Å². The largest absolute Gasteiger partial charge is 0.588 e. The molecule has 0 spiro atoms. The van der Waals surface area contributed by atoms with Crippen molar-refractivity contribution >= 4 is 28.6 Å². The van der Waals surface area contributed by atoms with E-state index in [2.05, 4.69) is 15.4 Å². The summed E-state index contributed by atoms with van der Waals surface area (Å²) in [4.78, 5) is 12.8. The van der Waals surface area contributed by atoms with Crippen molar-refractivity contribution in [3.05, 3.63) is 96.6 Å². The molecule has 0 aromatic heterocycles. The van der Waals surface area contributed by atoms with Crippen LogP contribution in [0.15, 0.2) is 95.9 Å². The monoisotopic (exact) mass is 531 g/mol. The van der Waals surface area contributed by atoms with Crippen LogP contribution < -0.4 is 24.8 Å². The van der Waals surface area contributed by atoms with Crippen LogP contribution in [-0.4, -0.2) is 42.9 Å². The van der Waals surface area contributed by atoms with Crippen LogP contribution in [0.25, 0.3) is 11.1 Å². The molecule has 0 saturated heterocycles. The molecule has 4 N–H and O–H groups in total. The first-order valence-electron chi connectivity index (χ1n) is 11.9. The average molecular weight is 532 g/mol. The summed E-state index contributed by atoms with van der Waals surface area (Å²) in [5.74, 6) is 1.05. The molecule has 0 aliphatic rings. The van der Waals surface area contributed by atoms with Crippen LogP contribution in [0.1, 0.15) is 10.4 Å². The third-order valence-corrected chi connectivity index (χ3v) is 6.86. The standard InChI is InChI=1S/C29H29N3O5S/c1-36-24-10-5-7-21(17-24)29(34)31-16-15-30-22-8-6-9-23(19-22)32-38(35)28-18-20(13-14-27(28)37-2)25-11-3-4-12-26(25)33/h3-14,17-19,30,32-33H,15-16H2,1-2H3,(H,31,34). The van der Waals surface area contributed by atoms with Gasteiger partial charge in [0.25, 0.3) is 5.91 Å². The number of phenols is 1. The van der Waals surface area contributed by atoms with E-state index in [0.29, 0.717) is 46.3 Å². The molecule has 4 aromatic rings. The van der Waals surface area contributed by atoms with Crippen molar-refractivity contribution < 1.29 is 23.9 Å². The SMILES string of the molecule is COc1cccc(C(=O)NCCNc2cccc(N[S+]([O-])c3cc(-c4ccccc4O)ccc3OC)c2)c1. The normalized spacial score (nSPS) is 11.3. The Hall–Kier alpha value is -4.34. The summed E-state index contributed by atoms with van der Waals surface area (Å²) in [6.07, 6.45) is 0. The fourth-order valence-corrected chi connectivity index (χ4v) is 4.83. The van der Waals surface area contributed by atoms with E-state index in [0.717, 1.165) is 11.3 Å². The molecule has 1 atom stereocenters. The second-order valence-corrected chi connectivity index (χ2v) is 9.43. The number of benzene rings is 4. The Morgan fingerprint density at radius 1 is 0.868 bits per heavy atom. The van der Waals surface area contributed by atoms with Crippen molar-refractivity contribution in [3.8, 4) is 28.4 Å². The van der Waals surface area contributed by atoms with E-state index in [1.165, 1.54) is 7.11 Å². The lowest BCUT2D eigenvalue weighted by Gasteiger charge is -2.16. The molecule has 0 saturated carbocycles. The third-order valence-electron chi connectivity index (χ3n) is 5.72. The fraction of sp³-hybridized carbons (Fsp3) is 0.138. The highest BCUT2D eigenvalue weighted by Crippen LogP contribution is 2.34. The van der Waals surface area contributed by atoms with Crippen molar-refractivity contribution in [2.45, 2.75) is 4.90 Å². The lowest BCUT2D eigenvalue weighted by Crippen LogP contribution is -2.28. The summed E-state index contributed by atoms with van der Waals surface area (Å²) >= 11 is -1.63. The van der Waals surface area contributed by atoms with Gasteiger partial charge in [-0.3, -0.25) is 4.79 Å². The number of carbonyl (C=O) groups excluding carboxylic acids is 1. The minimum Gasteiger partial charge on any atom is -0.588 e. The molecule has 0 heterocycles. The molecule has 38 heavy (non-hydrogen) atoms. The molecule has 0 radical (unpaired) electrons. The van der Waals surface area contributed by atoms with Crippen molar-refractivity contribution in [1.29, 1.82) is 0 Å². The molecular formula is C29H29N3O5S. The highest BCUT2D eigenvalue weighted by Gasteiger charge is 2.20. The molecular weight excluding hydrogens is 502 g/mol. The van der Waals surface area contributed by atoms with E-state index in [9.17, 15) is 14.5 Å². The predicted molar refractivity (Wildman–Crippen MR) is 150 cm³/mol. The Balaban J connectivity index is 1.37. The Kier molecular flexibility index (Phi) is 8.97. The number of hydrogen-bond donors (Lipinski definition) is 4. The number of nitrogens with one attached hydrogen (secondary N) is 3. The number of hydrogen-bond acceptors (Lipinski definition) is 7. The van der Waals surface area contributed by atoms with Crippen molar-refractivity contribution in [3.63, 3.8) is 0 Å². The first-order chi connectivity index (χ1) is 18.5. The molecule has 1 unspecified atom stereocenters. The van der Waals surface area contributed by atoms with Gasteiger partial charge >= 0.3 is 0 Å². The van der Waals surface area contributed by atoms with Crippen LogP contribution in [0.3, 0.4) is 0 Å². The van der Waals surface area contributed by atoms with E-state index in [1.807, 2.05) is 36.4 Å². The summed E-state index contributed by atoms with van der Waals surface area (Å²) in [6, 6.07) is 26.6. The molecule has 4 rings (SSSR count). The number of carbonyl (C=O) groups is 1. The molecule has 0 bridgehead atoms. The maximum absolute atomic E-state index is 13.3. The number of amides is 1. The number of anilines is 2. The second kappa shape index (κ2) is 12.8. The van der Waals surface area contributed by atoms with E-state index in [1.54, 1.807) is 61.7 Å². The van der Waals surface area contributed by atoms with Crippen LogP contribution in [0.5, 0.6) is 17.2 Å². The van der Waals surface area contributed by atoms with Gasteiger partial charge < -0.3 is 29.8 Å². The van der Waals surface area contributed by atoms with Gasteiger partial charge in [-0.1, -0.05) is 36.4 Å². The fourth-order valence-electron chi connectivity index (χ4n) is 3.81. The van der Waals surface area contributed by atoms with Crippen LogP contribution in [0.2, 0.25) is 0 Å². The number of methoxy groups -OCH3 is 2. The zero-order valence-electron chi connectivity index (χ0n) is 21.1. The average Bonchev–Trinajstić information content (AvgIpc) is 2.95. The van der Waals surface area contributed by atoms with Crippen LogP contribution in [0.4, 0.5) is 11.4 Å². The summed E-state index contributed by atoms with van der Waals surface area (Å²) < 4.78 is 26.9. The zero-order valence-corrected chi connectivity index (χ0v) is 21.9. The molecule has 8 nitrogen and oxygen atoms in total. The Morgan fingerprint density at radius 2 is 1.66 bits per heavy atom. The Bertz CT molecular complexity index is 1400. The van der Waals surface area contributed by atoms with Gasteiger partial charge in [-0.15, -0.1) is 0 Å². The molecule has 196 valence electrons. The number of ether oxygens (including phenoxy) is 2. The summed E-state index contributed by atoms with van der Waals surface area (Å²) in [7, 11) is 3.08. The van der Waals surface area contributed by atoms with Gasteiger partial charge in [0.05, 0.1) is 19.9 Å². The third kappa shape index (κ3) is 6.70. The topological polar surface area (TPSA) is 115 Å². The maximum Gasteiger partial charge on any atom is 0.251 e. The van der Waals surface area contributed by atoms with Crippen molar-refractivity contribution in [1.82, 2.24) is 5.32 Å². The Morgan fingerprint density at radius 3 is 2.45 bits per heavy atom. The molecule has 9 heteroatoms. The highest BCUT2D eigenvalue weighted by atomic mass is 32.2. The quantitative estimate of drug-likeness (QED) is 0.158. The van der Waals surface area contributed by atoms with Crippen LogP contribution in [-0.2, 0) is 11.4 Å². The molecule has 0 aliphatic heterocycles. The van der Waals surface area contributed by atoms with Gasteiger partial charge in [-0.25, -0.2) is 4.72 Å². The van der Waals surface area contributed by atoms with Gasteiger partial charge in [-0.05, 0) is 54.1 Å². The first-order valence-corrected chi connectivity index (χ1v) is 13.0. The van der Waals surface area contributed by atoms with Gasteiger partial charge in [-0.2, -0.15) is 0 Å². The summed E-state index contributed by atoms with van der Waals surface area (Å²) in [5.41, 5.74) is 3.33. The van der Waals surface area contributed by atoms with Gasteiger partial charge in [0.1, 0.15) is 22.9 Å². The minimum absolute atomic E-state index is 0.140. The number of aromatic hydroxyl groups is 1. The number of rotatable bonds is 11. The molecule has 0 fully saturated rings. The van der Waals surface area contributed by atoms with Gasteiger partial charge in [0.15, 0.2) is 5.75 Å². The maximum atomic E-state index is 13.3. The lowest BCUT2D eigenvalue weighted by molar-refractivity contribution is 0.0955. The first kappa shape index (κ1) is 26.7. The van der Waals surface area contributed by atoms with Gasteiger partial charge in [0.2, 0.25) is 4.90 Å². The Labute approximate surface area is 224 Å². The van der Waals surface area contributed by atoms with Crippen molar-refractivity contribution in [2.24, 2.45) is 0 Å². The van der Waals surface area contributed by atoms with E-state index < -0.39 is 11.4 Å². The second-order valence-electron chi connectivity index (χ2n) is 8.25. The van der Waals surface area contributed by atoms with E-state index in [-0.39, 0.29) is 11.7 Å². The van der Waals surface area contributed by atoms with Crippen molar-refractivity contribution in [2.75, 3.05) is 37.3 Å². The highest BCUT2D eigenvalue weighted by molar-refractivity contribution is 7.92. The number of para-hydroxylation sites is 1. The summed E-state index contributed by atoms with van der Waals surface area (Å²) in [5, 5.41) is 16.4. The van der Waals surface area contributed by atoms with E-state index >= 15 is 0 Å². The van der Waals surface area contributed by atoms with Crippen LogP contribution >= 0.6 is 0 Å². The summed E-state index contributed by atoms with van der Waals surface area (Å²) in [6.45, 7) is 0.911. The number of phenolic OH excluding ortho intramolecular Hbond substituents is 1. The minimum atomic E-state index is -1.63. The van der Waals surface area contributed by atoms with Crippen LogP contribution in [0, 0.1) is 0 Å².